The van der Waals surface area contributed by atoms with Gasteiger partial charge >= 0.3 is 0 Å². The lowest BCUT2D eigenvalue weighted by molar-refractivity contribution is -0.120. The number of carbonyl (C=O) groups excluding carboxylic acids is 2. The largest absolute Gasteiger partial charge is 0.359 e. The topological polar surface area (TPSA) is 76.0 Å². The highest BCUT2D eigenvalue weighted by atomic mass is 16.1. The summed E-state index contributed by atoms with van der Waals surface area (Å²) in [4.78, 5) is 23.2. The van der Waals surface area contributed by atoms with E-state index in [4.69, 9.17) is 0 Å². The molecule has 6 nitrogen and oxygen atoms in total. The Morgan fingerprint density at radius 3 is 2.82 bits per heavy atom. The minimum Gasteiger partial charge on any atom is -0.359 e. The monoisotopic (exact) mass is 382 g/mol. The number of rotatable bonds is 6. The van der Waals surface area contributed by atoms with Crippen LogP contribution in [0.1, 0.15) is 61.6 Å². The zero-order valence-electron chi connectivity index (χ0n) is 16.8. The number of benzene rings is 1. The van der Waals surface area contributed by atoms with Crippen molar-refractivity contribution in [1.82, 2.24) is 20.4 Å². The van der Waals surface area contributed by atoms with Crippen LogP contribution in [0.25, 0.3) is 10.9 Å². The number of aldehydes is 1. The molecule has 0 bridgehead atoms. The number of carbonyl (C=O) groups is 2. The van der Waals surface area contributed by atoms with E-state index < -0.39 is 0 Å². The molecule has 2 N–H and O–H groups in total. The lowest BCUT2D eigenvalue weighted by atomic mass is 9.56. The first-order valence-corrected chi connectivity index (χ1v) is 10.4. The molecule has 1 aromatic heterocycles. The minimum absolute atomic E-state index is 0.0498. The Morgan fingerprint density at radius 2 is 2.14 bits per heavy atom. The minimum atomic E-state index is -0.353. The van der Waals surface area contributed by atoms with Gasteiger partial charge in [0.05, 0.1) is 17.1 Å². The fourth-order valence-corrected chi connectivity index (χ4v) is 5.10. The molecule has 1 aromatic carbocycles. The molecule has 1 saturated carbocycles. The maximum absolute atomic E-state index is 11.7. The van der Waals surface area contributed by atoms with Crippen molar-refractivity contribution < 1.29 is 9.59 Å². The summed E-state index contributed by atoms with van der Waals surface area (Å²) in [6.45, 7) is 2.31. The molecule has 1 atom stereocenters. The van der Waals surface area contributed by atoms with E-state index in [-0.39, 0.29) is 11.8 Å². The number of fused-ring (bicyclic) bond motifs is 1. The highest BCUT2D eigenvalue weighted by molar-refractivity contribution is 5.86. The van der Waals surface area contributed by atoms with Crippen molar-refractivity contribution in [3.8, 4) is 0 Å². The number of piperidine rings is 1. The highest BCUT2D eigenvalue weighted by Crippen LogP contribution is 2.56. The maximum Gasteiger partial charge on any atom is 0.219 e. The van der Waals surface area contributed by atoms with Crippen LogP contribution in [0.2, 0.25) is 0 Å². The number of nitrogens with zero attached hydrogens (tertiary/aromatic N) is 2. The summed E-state index contributed by atoms with van der Waals surface area (Å²) >= 11 is 0. The normalized spacial score (nSPS) is 20.1. The third kappa shape index (κ3) is 3.46. The molecule has 28 heavy (non-hydrogen) atoms. The quantitative estimate of drug-likeness (QED) is 0.753. The molecule has 1 saturated heterocycles. The molecule has 150 valence electrons. The Morgan fingerprint density at radius 1 is 1.39 bits per heavy atom. The van der Waals surface area contributed by atoms with Crippen molar-refractivity contribution in [2.24, 2.45) is 12.5 Å². The summed E-state index contributed by atoms with van der Waals surface area (Å²) in [5.41, 5.74) is 3.81. The Hall–Kier alpha value is -2.21. The van der Waals surface area contributed by atoms with Crippen LogP contribution in [0.3, 0.4) is 0 Å². The van der Waals surface area contributed by atoms with Gasteiger partial charge in [0.1, 0.15) is 6.29 Å². The van der Waals surface area contributed by atoms with E-state index in [0.29, 0.717) is 24.2 Å². The predicted molar refractivity (Wildman–Crippen MR) is 109 cm³/mol. The predicted octanol–water partition coefficient (Wildman–Crippen LogP) is 2.63. The molecule has 1 unspecified atom stereocenters. The van der Waals surface area contributed by atoms with Crippen LogP contribution in [0.5, 0.6) is 0 Å². The summed E-state index contributed by atoms with van der Waals surface area (Å²) < 4.78 is 1.88. The van der Waals surface area contributed by atoms with Crippen LogP contribution in [-0.4, -0.2) is 42.1 Å². The van der Waals surface area contributed by atoms with Gasteiger partial charge in [-0.25, -0.2) is 0 Å². The maximum atomic E-state index is 11.7. The lowest BCUT2D eigenvalue weighted by Gasteiger charge is -2.50. The van der Waals surface area contributed by atoms with Crippen LogP contribution in [0.15, 0.2) is 18.2 Å². The second kappa shape index (κ2) is 7.66. The van der Waals surface area contributed by atoms with Gasteiger partial charge in [0.2, 0.25) is 5.91 Å². The van der Waals surface area contributed by atoms with Crippen LogP contribution < -0.4 is 10.6 Å². The summed E-state index contributed by atoms with van der Waals surface area (Å²) in [7, 11) is 3.55. The SMILES string of the molecule is CNC(=O)CCC(C=O)c1nn(C)c2cc(C3CC4(CCNCC4)C3)ccc12. The third-order valence-corrected chi connectivity index (χ3v) is 6.88. The van der Waals surface area contributed by atoms with Crippen molar-refractivity contribution in [1.29, 1.82) is 0 Å². The van der Waals surface area contributed by atoms with Crippen molar-refractivity contribution >= 4 is 23.1 Å². The Labute approximate surface area is 166 Å². The van der Waals surface area contributed by atoms with Crippen LogP contribution in [0, 0.1) is 5.41 Å². The molecule has 0 radical (unpaired) electrons. The molecule has 1 spiro atoms. The van der Waals surface area contributed by atoms with Crippen molar-refractivity contribution in [2.45, 2.75) is 50.4 Å². The second-order valence-electron chi connectivity index (χ2n) is 8.60. The summed E-state index contributed by atoms with van der Waals surface area (Å²) in [6, 6.07) is 6.59. The number of amides is 1. The third-order valence-electron chi connectivity index (χ3n) is 6.88. The summed E-state index contributed by atoms with van der Waals surface area (Å²) in [5, 5.41) is 11.7. The molecule has 4 rings (SSSR count). The Kier molecular flexibility index (Phi) is 5.23. The average Bonchev–Trinajstić information content (AvgIpc) is 3.03. The summed E-state index contributed by atoms with van der Waals surface area (Å²) in [5.74, 6) is 0.232. The second-order valence-corrected chi connectivity index (χ2v) is 8.60. The van der Waals surface area contributed by atoms with Gasteiger partial charge in [-0.3, -0.25) is 9.48 Å². The standard InChI is InChI=1S/C22H30N4O2/c1-23-20(28)6-4-16(14-27)21-18-5-3-15(11-19(18)26(2)25-21)17-12-22(13-17)7-9-24-10-8-22/h3,5,11,14,16-17,24H,4,6-10,12-13H2,1-2H3,(H,23,28). The zero-order valence-corrected chi connectivity index (χ0v) is 16.8. The average molecular weight is 383 g/mol. The lowest BCUT2D eigenvalue weighted by Crippen LogP contribution is -2.44. The van der Waals surface area contributed by atoms with Gasteiger partial charge in [0, 0.05) is 25.9 Å². The van der Waals surface area contributed by atoms with Crippen molar-refractivity contribution in [2.75, 3.05) is 20.1 Å². The smallest absolute Gasteiger partial charge is 0.219 e. The number of hydrogen-bond acceptors (Lipinski definition) is 4. The van der Waals surface area contributed by atoms with E-state index in [1.165, 1.54) is 31.2 Å². The van der Waals surface area contributed by atoms with Gasteiger partial charge in [0.15, 0.2) is 0 Å². The van der Waals surface area contributed by atoms with Gasteiger partial charge < -0.3 is 15.4 Å². The van der Waals surface area contributed by atoms with Crippen molar-refractivity contribution in [3.63, 3.8) is 0 Å². The van der Waals surface area contributed by atoms with Gasteiger partial charge in [-0.05, 0) is 68.2 Å². The van der Waals surface area contributed by atoms with Gasteiger partial charge in [-0.15, -0.1) is 0 Å². The first-order valence-electron chi connectivity index (χ1n) is 10.4. The molecule has 2 fully saturated rings. The van der Waals surface area contributed by atoms with Crippen molar-refractivity contribution in [3.05, 3.63) is 29.5 Å². The van der Waals surface area contributed by atoms with Crippen LogP contribution >= 0.6 is 0 Å². The number of aryl methyl sites for hydroxylation is 1. The number of aromatic nitrogens is 2. The first kappa shape index (κ1) is 19.1. The molecule has 1 amide bonds. The molecular formula is C22H30N4O2. The molecule has 6 heteroatoms. The number of nitrogens with one attached hydrogen (secondary N) is 2. The first-order chi connectivity index (χ1) is 13.5. The van der Waals surface area contributed by atoms with E-state index in [9.17, 15) is 9.59 Å². The number of hydrogen-bond donors (Lipinski definition) is 2. The molecule has 2 heterocycles. The fourth-order valence-electron chi connectivity index (χ4n) is 5.10. The van der Waals surface area contributed by atoms with E-state index in [0.717, 1.165) is 36.0 Å². The van der Waals surface area contributed by atoms with Gasteiger partial charge in [0.25, 0.3) is 0 Å². The molecule has 1 aliphatic carbocycles. The molecular weight excluding hydrogens is 352 g/mol. The van der Waals surface area contributed by atoms with Gasteiger partial charge in [-0.2, -0.15) is 5.10 Å². The summed E-state index contributed by atoms with van der Waals surface area (Å²) in [6.07, 6.45) is 6.90. The molecule has 2 aliphatic rings. The van der Waals surface area contributed by atoms with E-state index in [1.54, 1.807) is 7.05 Å². The van der Waals surface area contributed by atoms with Gasteiger partial charge in [-0.1, -0.05) is 12.1 Å². The Balaban J connectivity index is 1.53. The van der Waals surface area contributed by atoms with E-state index >= 15 is 0 Å². The fraction of sp³-hybridized carbons (Fsp3) is 0.591. The van der Waals surface area contributed by atoms with Crippen LogP contribution in [-0.2, 0) is 16.6 Å². The molecule has 2 aromatic rings. The Bertz CT molecular complexity index is 874. The molecule has 1 aliphatic heterocycles. The van der Waals surface area contributed by atoms with Crippen LogP contribution in [0.4, 0.5) is 0 Å². The highest BCUT2D eigenvalue weighted by Gasteiger charge is 2.44. The zero-order chi connectivity index (χ0) is 19.7. The van der Waals surface area contributed by atoms with E-state index in [1.807, 2.05) is 11.7 Å². The van der Waals surface area contributed by atoms with E-state index in [2.05, 4.69) is 33.9 Å².